The van der Waals surface area contributed by atoms with Gasteiger partial charge in [-0.2, -0.15) is 4.98 Å². The Morgan fingerprint density at radius 2 is 1.64 bits per heavy atom. The standard InChI is InChI=1S/C27H25N5O3S/c1-18(26-28-19(2)31-35-26)36-27-30-29-25(32(27)22-14-8-10-16-24(22)33-3)17-34-23-15-9-7-13-21(23)20-11-5-4-6-12-20/h4-16,18H,17H2,1-3H3/t18-/m0/s1. The summed E-state index contributed by atoms with van der Waals surface area (Å²) in [6.07, 6.45) is 0. The van der Waals surface area contributed by atoms with Gasteiger partial charge in [-0.05, 0) is 37.6 Å². The van der Waals surface area contributed by atoms with E-state index in [-0.39, 0.29) is 11.9 Å². The molecule has 2 aromatic heterocycles. The molecule has 0 aliphatic carbocycles. The molecule has 36 heavy (non-hydrogen) atoms. The molecule has 0 aliphatic heterocycles. The zero-order valence-electron chi connectivity index (χ0n) is 20.2. The fraction of sp³-hybridized carbons (Fsp3) is 0.185. The maximum atomic E-state index is 6.31. The van der Waals surface area contributed by atoms with E-state index in [0.717, 1.165) is 22.6 Å². The minimum Gasteiger partial charge on any atom is -0.495 e. The van der Waals surface area contributed by atoms with Crippen molar-refractivity contribution in [1.82, 2.24) is 24.9 Å². The van der Waals surface area contributed by atoms with E-state index in [0.29, 0.717) is 28.4 Å². The van der Waals surface area contributed by atoms with Gasteiger partial charge in [0.25, 0.3) is 0 Å². The molecule has 182 valence electrons. The second-order valence-corrected chi connectivity index (χ2v) is 9.30. The average Bonchev–Trinajstić information content (AvgIpc) is 3.54. The van der Waals surface area contributed by atoms with Crippen LogP contribution in [0.5, 0.6) is 11.5 Å². The van der Waals surface area contributed by atoms with Crippen LogP contribution >= 0.6 is 11.8 Å². The number of aryl methyl sites for hydroxylation is 1. The van der Waals surface area contributed by atoms with Crippen LogP contribution in [-0.4, -0.2) is 32.0 Å². The van der Waals surface area contributed by atoms with Gasteiger partial charge in [-0.15, -0.1) is 10.2 Å². The largest absolute Gasteiger partial charge is 0.495 e. The predicted octanol–water partition coefficient (Wildman–Crippen LogP) is 6.07. The van der Waals surface area contributed by atoms with Crippen LogP contribution in [-0.2, 0) is 6.61 Å². The van der Waals surface area contributed by atoms with Crippen LogP contribution < -0.4 is 9.47 Å². The quantitative estimate of drug-likeness (QED) is 0.226. The number of para-hydroxylation sites is 3. The highest BCUT2D eigenvalue weighted by molar-refractivity contribution is 7.99. The van der Waals surface area contributed by atoms with Crippen molar-refractivity contribution in [3.05, 3.63) is 96.4 Å². The van der Waals surface area contributed by atoms with Gasteiger partial charge < -0.3 is 14.0 Å². The molecule has 0 saturated carbocycles. The summed E-state index contributed by atoms with van der Waals surface area (Å²) in [5.74, 6) is 3.23. The van der Waals surface area contributed by atoms with E-state index in [2.05, 4.69) is 32.5 Å². The number of ether oxygens (including phenoxy) is 2. The normalized spacial score (nSPS) is 11.9. The summed E-state index contributed by atoms with van der Waals surface area (Å²) in [5, 5.41) is 13.4. The van der Waals surface area contributed by atoms with E-state index in [1.54, 1.807) is 14.0 Å². The van der Waals surface area contributed by atoms with Crippen molar-refractivity contribution < 1.29 is 14.0 Å². The summed E-state index contributed by atoms with van der Waals surface area (Å²) >= 11 is 1.48. The minimum atomic E-state index is -0.128. The third-order valence-electron chi connectivity index (χ3n) is 5.53. The lowest BCUT2D eigenvalue weighted by atomic mass is 10.1. The van der Waals surface area contributed by atoms with Crippen molar-refractivity contribution in [2.24, 2.45) is 0 Å². The molecule has 0 fully saturated rings. The van der Waals surface area contributed by atoms with E-state index in [1.807, 2.05) is 78.2 Å². The number of hydrogen-bond acceptors (Lipinski definition) is 8. The number of thioether (sulfide) groups is 1. The third kappa shape index (κ3) is 4.96. The van der Waals surface area contributed by atoms with E-state index >= 15 is 0 Å². The van der Waals surface area contributed by atoms with E-state index in [9.17, 15) is 0 Å². The van der Waals surface area contributed by atoms with Crippen molar-refractivity contribution in [1.29, 1.82) is 0 Å². The summed E-state index contributed by atoms with van der Waals surface area (Å²) in [4.78, 5) is 4.36. The van der Waals surface area contributed by atoms with Crippen molar-refractivity contribution >= 4 is 11.8 Å². The number of hydrogen-bond donors (Lipinski definition) is 0. The van der Waals surface area contributed by atoms with Gasteiger partial charge in [-0.25, -0.2) is 0 Å². The zero-order chi connectivity index (χ0) is 24.9. The first-order valence-corrected chi connectivity index (χ1v) is 12.3. The fourth-order valence-corrected chi connectivity index (χ4v) is 4.71. The lowest BCUT2D eigenvalue weighted by molar-refractivity contribution is 0.293. The lowest BCUT2D eigenvalue weighted by Gasteiger charge is -2.16. The molecule has 0 spiro atoms. The molecular formula is C27H25N5O3S. The van der Waals surface area contributed by atoms with Crippen LogP contribution in [0.4, 0.5) is 0 Å². The molecule has 9 heteroatoms. The Bertz CT molecular complexity index is 1450. The smallest absolute Gasteiger partial charge is 0.239 e. The molecule has 0 radical (unpaired) electrons. The molecule has 1 atom stereocenters. The lowest BCUT2D eigenvalue weighted by Crippen LogP contribution is -2.08. The zero-order valence-corrected chi connectivity index (χ0v) is 21.0. The minimum absolute atomic E-state index is 0.128. The Balaban J connectivity index is 1.48. The molecule has 5 aromatic rings. The molecule has 0 saturated heterocycles. The van der Waals surface area contributed by atoms with Crippen LogP contribution in [0.3, 0.4) is 0 Å². The van der Waals surface area contributed by atoms with E-state index in [4.69, 9.17) is 14.0 Å². The highest BCUT2D eigenvalue weighted by atomic mass is 32.2. The average molecular weight is 500 g/mol. The van der Waals surface area contributed by atoms with Gasteiger partial charge in [0.1, 0.15) is 18.1 Å². The van der Waals surface area contributed by atoms with Crippen LogP contribution in [0.25, 0.3) is 16.8 Å². The van der Waals surface area contributed by atoms with Gasteiger partial charge in [0, 0.05) is 5.56 Å². The molecule has 3 aromatic carbocycles. The number of rotatable bonds is 9. The van der Waals surface area contributed by atoms with Gasteiger partial charge in [-0.1, -0.05) is 77.6 Å². The van der Waals surface area contributed by atoms with Gasteiger partial charge >= 0.3 is 0 Å². The van der Waals surface area contributed by atoms with E-state index < -0.39 is 0 Å². The molecule has 2 heterocycles. The van der Waals surface area contributed by atoms with Crippen molar-refractivity contribution in [3.63, 3.8) is 0 Å². The first-order valence-electron chi connectivity index (χ1n) is 11.5. The SMILES string of the molecule is COc1ccccc1-n1c(COc2ccccc2-c2ccccc2)nnc1S[C@@H](C)c1nc(C)no1. The maximum absolute atomic E-state index is 6.31. The molecule has 8 nitrogen and oxygen atoms in total. The molecule has 0 bridgehead atoms. The topological polar surface area (TPSA) is 88.1 Å². The summed E-state index contributed by atoms with van der Waals surface area (Å²) in [5.41, 5.74) is 2.91. The van der Waals surface area contributed by atoms with Gasteiger partial charge in [0.15, 0.2) is 16.8 Å². The van der Waals surface area contributed by atoms with Gasteiger partial charge in [0.05, 0.1) is 18.0 Å². The van der Waals surface area contributed by atoms with Crippen LogP contribution in [0.15, 0.2) is 88.5 Å². The van der Waals surface area contributed by atoms with Crippen molar-refractivity contribution in [2.45, 2.75) is 30.9 Å². The number of nitrogens with zero attached hydrogens (tertiary/aromatic N) is 5. The fourth-order valence-electron chi connectivity index (χ4n) is 3.80. The van der Waals surface area contributed by atoms with Gasteiger partial charge in [0.2, 0.25) is 5.89 Å². The predicted molar refractivity (Wildman–Crippen MR) is 137 cm³/mol. The molecule has 0 amide bonds. The number of methoxy groups -OCH3 is 1. The highest BCUT2D eigenvalue weighted by Gasteiger charge is 2.23. The maximum Gasteiger partial charge on any atom is 0.239 e. The Hall–Kier alpha value is -4.11. The molecule has 0 unspecified atom stereocenters. The second-order valence-electron chi connectivity index (χ2n) is 8.00. The highest BCUT2D eigenvalue weighted by Crippen LogP contribution is 2.37. The third-order valence-corrected chi connectivity index (χ3v) is 6.56. The van der Waals surface area contributed by atoms with Gasteiger partial charge in [-0.3, -0.25) is 4.57 Å². The van der Waals surface area contributed by atoms with Crippen LogP contribution in [0.1, 0.15) is 29.7 Å². The number of aromatic nitrogens is 5. The molecular weight excluding hydrogens is 474 g/mol. The molecule has 0 aliphatic rings. The Labute approximate surface area is 213 Å². The van der Waals surface area contributed by atoms with Crippen molar-refractivity contribution in [3.8, 4) is 28.3 Å². The summed E-state index contributed by atoms with van der Waals surface area (Å²) in [6.45, 7) is 4.00. The van der Waals surface area contributed by atoms with E-state index in [1.165, 1.54) is 11.8 Å². The Morgan fingerprint density at radius 3 is 2.39 bits per heavy atom. The number of benzene rings is 3. The molecule has 5 rings (SSSR count). The van der Waals surface area contributed by atoms with Crippen LogP contribution in [0.2, 0.25) is 0 Å². The summed E-state index contributed by atoms with van der Waals surface area (Å²) in [6, 6.07) is 25.9. The second kappa shape index (κ2) is 10.7. The first-order chi connectivity index (χ1) is 17.6. The first kappa shape index (κ1) is 23.6. The van der Waals surface area contributed by atoms with Crippen molar-refractivity contribution in [2.75, 3.05) is 7.11 Å². The van der Waals surface area contributed by atoms with Crippen LogP contribution in [0, 0.1) is 6.92 Å². The molecule has 0 N–H and O–H groups in total. The Morgan fingerprint density at radius 1 is 0.917 bits per heavy atom. The summed E-state index contributed by atoms with van der Waals surface area (Å²) < 4.78 is 19.3. The summed E-state index contributed by atoms with van der Waals surface area (Å²) in [7, 11) is 1.64. The monoisotopic (exact) mass is 499 g/mol. The Kier molecular flexibility index (Phi) is 6.99.